The van der Waals surface area contributed by atoms with Crippen molar-refractivity contribution >= 4 is 23.4 Å². The first-order valence-corrected chi connectivity index (χ1v) is 6.24. The van der Waals surface area contributed by atoms with E-state index in [1.54, 1.807) is 37.5 Å². The number of aryl methyl sites for hydroxylation is 1. The number of amides is 2. The molecule has 0 unspecified atom stereocenters. The Morgan fingerprint density at radius 2 is 1.95 bits per heavy atom. The molecule has 20 heavy (non-hydrogen) atoms. The molecular weight excluding hydrogens is 280 g/mol. The SMILES string of the molecule is Cn1cc(C(=O)NNC(=O)Cc2ccc(Cl)cc2)cn1. The summed E-state index contributed by atoms with van der Waals surface area (Å²) in [7, 11) is 1.70. The van der Waals surface area contributed by atoms with Crippen molar-refractivity contribution in [1.82, 2.24) is 20.6 Å². The van der Waals surface area contributed by atoms with E-state index in [0.29, 0.717) is 10.6 Å². The summed E-state index contributed by atoms with van der Waals surface area (Å²) in [6, 6.07) is 6.92. The number of carbonyl (C=O) groups excluding carboxylic acids is 2. The fraction of sp³-hybridized carbons (Fsp3) is 0.154. The van der Waals surface area contributed by atoms with Crippen LogP contribution in [0.1, 0.15) is 15.9 Å². The summed E-state index contributed by atoms with van der Waals surface area (Å²) in [5, 5.41) is 4.48. The lowest BCUT2D eigenvalue weighted by Gasteiger charge is -2.06. The summed E-state index contributed by atoms with van der Waals surface area (Å²) in [4.78, 5) is 23.3. The van der Waals surface area contributed by atoms with Crippen molar-refractivity contribution in [3.05, 3.63) is 52.8 Å². The number of aromatic nitrogens is 2. The first-order chi connectivity index (χ1) is 9.54. The van der Waals surface area contributed by atoms with Crippen LogP contribution >= 0.6 is 11.6 Å². The zero-order valence-corrected chi connectivity index (χ0v) is 11.5. The first-order valence-electron chi connectivity index (χ1n) is 5.87. The molecule has 0 bridgehead atoms. The molecule has 0 aliphatic rings. The number of halogens is 1. The Morgan fingerprint density at radius 1 is 1.25 bits per heavy atom. The molecule has 2 amide bonds. The molecule has 2 rings (SSSR count). The number of benzene rings is 1. The summed E-state index contributed by atoms with van der Waals surface area (Å²) < 4.78 is 1.50. The van der Waals surface area contributed by atoms with Crippen LogP contribution in [-0.4, -0.2) is 21.6 Å². The molecule has 0 aliphatic heterocycles. The highest BCUT2D eigenvalue weighted by atomic mass is 35.5. The Hall–Kier alpha value is -2.34. The predicted octanol–water partition coefficient (Wildman–Crippen LogP) is 1.08. The van der Waals surface area contributed by atoms with E-state index in [0.717, 1.165) is 5.56 Å². The quantitative estimate of drug-likeness (QED) is 0.831. The van der Waals surface area contributed by atoms with Crippen LogP contribution in [0.15, 0.2) is 36.7 Å². The summed E-state index contributed by atoms with van der Waals surface area (Å²) in [5.41, 5.74) is 5.85. The highest BCUT2D eigenvalue weighted by Gasteiger charge is 2.09. The molecule has 0 aliphatic carbocycles. The third kappa shape index (κ3) is 3.83. The van der Waals surface area contributed by atoms with Gasteiger partial charge in [0.2, 0.25) is 5.91 Å². The monoisotopic (exact) mass is 292 g/mol. The van der Waals surface area contributed by atoms with Gasteiger partial charge in [-0.2, -0.15) is 5.10 Å². The van der Waals surface area contributed by atoms with E-state index in [9.17, 15) is 9.59 Å². The average Bonchev–Trinajstić information content (AvgIpc) is 2.85. The molecule has 7 heteroatoms. The number of nitrogens with zero attached hydrogens (tertiary/aromatic N) is 2. The number of hydrazine groups is 1. The van der Waals surface area contributed by atoms with E-state index >= 15 is 0 Å². The van der Waals surface area contributed by atoms with Gasteiger partial charge in [0.15, 0.2) is 0 Å². The molecule has 2 aromatic rings. The maximum absolute atomic E-state index is 11.7. The summed E-state index contributed by atoms with van der Waals surface area (Å²) in [6.07, 6.45) is 3.13. The number of rotatable bonds is 3. The number of hydrogen-bond donors (Lipinski definition) is 2. The van der Waals surface area contributed by atoms with Gasteiger partial charge in [-0.3, -0.25) is 25.1 Å². The second-order valence-corrected chi connectivity index (χ2v) is 4.64. The molecule has 1 aromatic heterocycles. The summed E-state index contributed by atoms with van der Waals surface area (Å²) in [6.45, 7) is 0. The van der Waals surface area contributed by atoms with E-state index < -0.39 is 5.91 Å². The average molecular weight is 293 g/mol. The fourth-order valence-corrected chi connectivity index (χ4v) is 1.69. The summed E-state index contributed by atoms with van der Waals surface area (Å²) in [5.74, 6) is -0.730. The highest BCUT2D eigenvalue weighted by molar-refractivity contribution is 6.30. The second kappa shape index (κ2) is 6.21. The molecule has 104 valence electrons. The molecule has 1 heterocycles. The van der Waals surface area contributed by atoms with Crippen LogP contribution in [0.4, 0.5) is 0 Å². The normalized spacial score (nSPS) is 10.1. The van der Waals surface area contributed by atoms with E-state index in [1.165, 1.54) is 10.9 Å². The van der Waals surface area contributed by atoms with Gasteiger partial charge in [0.25, 0.3) is 5.91 Å². The number of nitrogens with one attached hydrogen (secondary N) is 2. The van der Waals surface area contributed by atoms with Gasteiger partial charge in [0.1, 0.15) is 0 Å². The maximum Gasteiger partial charge on any atom is 0.272 e. The lowest BCUT2D eigenvalue weighted by Crippen LogP contribution is -2.42. The zero-order valence-electron chi connectivity index (χ0n) is 10.8. The van der Waals surface area contributed by atoms with Gasteiger partial charge >= 0.3 is 0 Å². The van der Waals surface area contributed by atoms with Crippen LogP contribution in [-0.2, 0) is 18.3 Å². The molecule has 1 aromatic carbocycles. The topological polar surface area (TPSA) is 76.0 Å². The van der Waals surface area contributed by atoms with Crippen molar-refractivity contribution < 1.29 is 9.59 Å². The van der Waals surface area contributed by atoms with Gasteiger partial charge < -0.3 is 0 Å². The molecule has 2 N–H and O–H groups in total. The lowest BCUT2D eigenvalue weighted by molar-refractivity contribution is -0.121. The summed E-state index contributed by atoms with van der Waals surface area (Å²) >= 11 is 5.76. The van der Waals surface area contributed by atoms with Crippen LogP contribution in [0.2, 0.25) is 5.02 Å². The Bertz CT molecular complexity index is 622. The van der Waals surface area contributed by atoms with Gasteiger partial charge in [-0.05, 0) is 17.7 Å². The molecule has 0 saturated heterocycles. The van der Waals surface area contributed by atoms with Gasteiger partial charge in [0, 0.05) is 18.3 Å². The maximum atomic E-state index is 11.7. The first kappa shape index (κ1) is 14.1. The molecule has 0 spiro atoms. The minimum Gasteiger partial charge on any atom is -0.275 e. The molecule has 0 fully saturated rings. The van der Waals surface area contributed by atoms with E-state index in [-0.39, 0.29) is 12.3 Å². The fourth-order valence-electron chi connectivity index (χ4n) is 1.57. The Labute approximate surface area is 120 Å². The van der Waals surface area contributed by atoms with Crippen LogP contribution in [0.5, 0.6) is 0 Å². The zero-order chi connectivity index (χ0) is 14.5. The van der Waals surface area contributed by atoms with Crippen LogP contribution in [0.25, 0.3) is 0 Å². The van der Waals surface area contributed by atoms with E-state index in [1.807, 2.05) is 0 Å². The van der Waals surface area contributed by atoms with Crippen molar-refractivity contribution in [3.8, 4) is 0 Å². The molecule has 0 radical (unpaired) electrons. The van der Waals surface area contributed by atoms with Gasteiger partial charge in [0.05, 0.1) is 18.2 Å². The molecular formula is C13H13ClN4O2. The smallest absolute Gasteiger partial charge is 0.272 e. The Balaban J connectivity index is 1.83. The van der Waals surface area contributed by atoms with Crippen molar-refractivity contribution in [2.45, 2.75) is 6.42 Å². The standard InChI is InChI=1S/C13H13ClN4O2/c1-18-8-10(7-15-18)13(20)17-16-12(19)6-9-2-4-11(14)5-3-9/h2-5,7-8H,6H2,1H3,(H,16,19)(H,17,20). The molecule has 6 nitrogen and oxygen atoms in total. The van der Waals surface area contributed by atoms with Crippen LogP contribution < -0.4 is 10.9 Å². The molecule has 0 atom stereocenters. The Kier molecular flexibility index (Phi) is 4.37. The van der Waals surface area contributed by atoms with Crippen molar-refractivity contribution in [1.29, 1.82) is 0 Å². The van der Waals surface area contributed by atoms with E-state index in [4.69, 9.17) is 11.6 Å². The van der Waals surface area contributed by atoms with Gasteiger partial charge in [-0.25, -0.2) is 0 Å². The second-order valence-electron chi connectivity index (χ2n) is 4.21. The lowest BCUT2D eigenvalue weighted by atomic mass is 10.1. The highest BCUT2D eigenvalue weighted by Crippen LogP contribution is 2.09. The van der Waals surface area contributed by atoms with Crippen molar-refractivity contribution in [3.63, 3.8) is 0 Å². The third-order valence-electron chi connectivity index (χ3n) is 2.56. The van der Waals surface area contributed by atoms with E-state index in [2.05, 4.69) is 16.0 Å². The Morgan fingerprint density at radius 3 is 2.55 bits per heavy atom. The number of hydrogen-bond acceptors (Lipinski definition) is 3. The van der Waals surface area contributed by atoms with Crippen molar-refractivity contribution in [2.75, 3.05) is 0 Å². The van der Waals surface area contributed by atoms with Gasteiger partial charge in [-0.15, -0.1) is 0 Å². The van der Waals surface area contributed by atoms with Crippen molar-refractivity contribution in [2.24, 2.45) is 7.05 Å². The predicted molar refractivity (Wildman–Crippen MR) is 74.0 cm³/mol. The third-order valence-corrected chi connectivity index (χ3v) is 2.81. The number of carbonyl (C=O) groups is 2. The van der Waals surface area contributed by atoms with Crippen LogP contribution in [0.3, 0.4) is 0 Å². The minimum absolute atomic E-state index is 0.157. The van der Waals surface area contributed by atoms with Gasteiger partial charge in [-0.1, -0.05) is 23.7 Å². The van der Waals surface area contributed by atoms with Crippen LogP contribution in [0, 0.1) is 0 Å². The molecule has 0 saturated carbocycles. The minimum atomic E-state index is -0.414. The largest absolute Gasteiger partial charge is 0.275 e.